The Morgan fingerprint density at radius 3 is 1.76 bits per heavy atom. The molecule has 0 aromatic carbocycles. The van der Waals surface area contributed by atoms with Crippen molar-refractivity contribution >= 4 is 11.9 Å². The van der Waals surface area contributed by atoms with Gasteiger partial charge in [-0.25, -0.2) is 9.59 Å². The van der Waals surface area contributed by atoms with Crippen LogP contribution < -0.4 is 0 Å². The van der Waals surface area contributed by atoms with E-state index in [-0.39, 0.29) is 11.8 Å². The van der Waals surface area contributed by atoms with Gasteiger partial charge < -0.3 is 9.47 Å². The number of ether oxygens (including phenoxy) is 2. The lowest BCUT2D eigenvalue weighted by Crippen LogP contribution is -2.24. The fourth-order valence-corrected chi connectivity index (χ4v) is 2.64. The van der Waals surface area contributed by atoms with Crippen molar-refractivity contribution in [2.24, 2.45) is 11.8 Å². The Kier molecular flexibility index (Phi) is 3.31. The van der Waals surface area contributed by atoms with Crippen molar-refractivity contribution in [1.29, 1.82) is 0 Å². The van der Waals surface area contributed by atoms with Crippen LogP contribution in [0.1, 0.15) is 19.3 Å². The second kappa shape index (κ2) is 4.73. The molecule has 0 fully saturated rings. The molecular weight excluding hydrogens is 220 g/mol. The summed E-state index contributed by atoms with van der Waals surface area (Å²) in [7, 11) is 2.68. The number of carbonyl (C=O) groups is 2. The number of esters is 2. The van der Waals surface area contributed by atoms with Gasteiger partial charge >= 0.3 is 11.9 Å². The van der Waals surface area contributed by atoms with Gasteiger partial charge in [-0.3, -0.25) is 0 Å². The first kappa shape index (κ1) is 11.9. The van der Waals surface area contributed by atoms with Crippen LogP contribution in [-0.2, 0) is 19.1 Å². The van der Waals surface area contributed by atoms with Gasteiger partial charge in [-0.15, -0.1) is 0 Å². The molecule has 0 aromatic heterocycles. The molecule has 0 heterocycles. The number of hydrogen-bond donors (Lipinski definition) is 0. The highest BCUT2D eigenvalue weighted by atomic mass is 16.5. The minimum absolute atomic E-state index is 0.00435. The zero-order valence-corrected chi connectivity index (χ0v) is 10.1. The van der Waals surface area contributed by atoms with Gasteiger partial charge in [0, 0.05) is 11.8 Å². The standard InChI is InChI=1S/C13H16O4/c1-16-12(14)10-8-4-3-5-9(7-6-8)11(10)13(15)17-2/h6-9H,3-5H2,1-2H3. The van der Waals surface area contributed by atoms with Gasteiger partial charge in [0.15, 0.2) is 0 Å². The second-order valence-corrected chi connectivity index (χ2v) is 4.34. The van der Waals surface area contributed by atoms with Crippen molar-refractivity contribution in [2.45, 2.75) is 19.3 Å². The predicted octanol–water partition coefficient (Wildman–Crippen LogP) is 1.62. The summed E-state index contributed by atoms with van der Waals surface area (Å²) in [6.45, 7) is 0. The third-order valence-electron chi connectivity index (χ3n) is 3.45. The van der Waals surface area contributed by atoms with Crippen LogP contribution in [0.3, 0.4) is 0 Å². The monoisotopic (exact) mass is 236 g/mol. The van der Waals surface area contributed by atoms with Gasteiger partial charge in [-0.05, 0) is 12.8 Å². The number of hydrogen-bond acceptors (Lipinski definition) is 4. The van der Waals surface area contributed by atoms with Gasteiger partial charge in [-0.2, -0.15) is 0 Å². The minimum Gasteiger partial charge on any atom is -0.466 e. The Labute approximate surface area is 100 Å². The van der Waals surface area contributed by atoms with Crippen molar-refractivity contribution in [2.75, 3.05) is 14.2 Å². The zero-order valence-electron chi connectivity index (χ0n) is 10.1. The van der Waals surface area contributed by atoms with E-state index >= 15 is 0 Å². The van der Waals surface area contributed by atoms with Gasteiger partial charge in [0.25, 0.3) is 0 Å². The maximum atomic E-state index is 11.8. The lowest BCUT2D eigenvalue weighted by atomic mass is 9.83. The van der Waals surface area contributed by atoms with Crippen LogP contribution in [0.4, 0.5) is 0 Å². The van der Waals surface area contributed by atoms with E-state index in [1.54, 1.807) is 0 Å². The molecule has 0 aliphatic heterocycles. The highest BCUT2D eigenvalue weighted by molar-refractivity contribution is 6.02. The zero-order chi connectivity index (χ0) is 12.4. The predicted molar refractivity (Wildman–Crippen MR) is 61.0 cm³/mol. The van der Waals surface area contributed by atoms with Crippen LogP contribution >= 0.6 is 0 Å². The fourth-order valence-electron chi connectivity index (χ4n) is 2.64. The van der Waals surface area contributed by atoms with Crippen LogP contribution in [0.5, 0.6) is 0 Å². The van der Waals surface area contributed by atoms with E-state index in [1.807, 2.05) is 12.2 Å². The number of allylic oxidation sites excluding steroid dienone is 2. The van der Waals surface area contributed by atoms with Gasteiger partial charge in [0.1, 0.15) is 0 Å². The molecule has 0 radical (unpaired) electrons. The molecule has 0 saturated carbocycles. The Morgan fingerprint density at radius 2 is 1.41 bits per heavy atom. The highest BCUT2D eigenvalue weighted by Crippen LogP contribution is 2.39. The first-order chi connectivity index (χ1) is 8.19. The topological polar surface area (TPSA) is 52.6 Å². The second-order valence-electron chi connectivity index (χ2n) is 4.34. The van der Waals surface area contributed by atoms with E-state index in [1.165, 1.54) is 14.2 Å². The summed E-state index contributed by atoms with van der Waals surface area (Å²) < 4.78 is 9.57. The summed E-state index contributed by atoms with van der Waals surface area (Å²) in [5.41, 5.74) is 0.980. The average Bonchev–Trinajstić information content (AvgIpc) is 2.69. The third kappa shape index (κ3) is 1.99. The van der Waals surface area contributed by atoms with Crippen LogP contribution in [0.15, 0.2) is 23.3 Å². The lowest BCUT2D eigenvalue weighted by molar-refractivity contribution is -0.140. The van der Waals surface area contributed by atoms with Gasteiger partial charge in [0.05, 0.1) is 25.4 Å². The molecule has 3 aliphatic rings. The maximum absolute atomic E-state index is 11.8. The van der Waals surface area contributed by atoms with Crippen molar-refractivity contribution < 1.29 is 19.1 Å². The normalized spacial score (nSPS) is 26.7. The van der Waals surface area contributed by atoms with Crippen molar-refractivity contribution in [1.82, 2.24) is 0 Å². The molecule has 92 valence electrons. The fraction of sp³-hybridized carbons (Fsp3) is 0.538. The highest BCUT2D eigenvalue weighted by Gasteiger charge is 2.37. The maximum Gasteiger partial charge on any atom is 0.334 e. The van der Waals surface area contributed by atoms with E-state index in [9.17, 15) is 9.59 Å². The van der Waals surface area contributed by atoms with E-state index < -0.39 is 11.9 Å². The van der Waals surface area contributed by atoms with E-state index in [0.717, 1.165) is 19.3 Å². The van der Waals surface area contributed by atoms with Crippen molar-refractivity contribution in [3.63, 3.8) is 0 Å². The van der Waals surface area contributed by atoms with Crippen molar-refractivity contribution in [3.8, 4) is 0 Å². The lowest BCUT2D eigenvalue weighted by Gasteiger charge is -2.22. The third-order valence-corrected chi connectivity index (χ3v) is 3.45. The molecule has 2 atom stereocenters. The molecule has 0 N–H and O–H groups in total. The number of fused-ring (bicyclic) bond motifs is 2. The van der Waals surface area contributed by atoms with E-state index in [2.05, 4.69) is 0 Å². The molecule has 0 saturated heterocycles. The number of carbonyl (C=O) groups excluding carboxylic acids is 2. The molecule has 2 bridgehead atoms. The van der Waals surface area contributed by atoms with Crippen LogP contribution in [0.2, 0.25) is 0 Å². The molecule has 17 heavy (non-hydrogen) atoms. The average molecular weight is 236 g/mol. The summed E-state index contributed by atoms with van der Waals surface area (Å²) in [6, 6.07) is 0. The Morgan fingerprint density at radius 1 is 1.00 bits per heavy atom. The first-order valence-corrected chi connectivity index (χ1v) is 5.78. The SMILES string of the molecule is COC(=O)C1=C(C(=O)OC)C2C=CC1CCC2. The van der Waals surface area contributed by atoms with E-state index in [4.69, 9.17) is 9.47 Å². The van der Waals surface area contributed by atoms with Crippen molar-refractivity contribution in [3.05, 3.63) is 23.3 Å². The Hall–Kier alpha value is -1.58. The van der Waals surface area contributed by atoms with Gasteiger partial charge in [-0.1, -0.05) is 18.6 Å². The largest absolute Gasteiger partial charge is 0.466 e. The molecule has 4 heteroatoms. The number of methoxy groups -OCH3 is 2. The summed E-state index contributed by atoms with van der Waals surface area (Å²) in [5.74, 6) is -0.830. The smallest absolute Gasteiger partial charge is 0.334 e. The summed E-state index contributed by atoms with van der Waals surface area (Å²) >= 11 is 0. The molecule has 2 unspecified atom stereocenters. The molecule has 0 amide bonds. The molecule has 4 nitrogen and oxygen atoms in total. The number of rotatable bonds is 2. The summed E-state index contributed by atoms with van der Waals surface area (Å²) in [5, 5.41) is 0. The Bertz CT molecular complexity index is 370. The first-order valence-electron chi connectivity index (χ1n) is 5.78. The van der Waals surface area contributed by atoms with Gasteiger partial charge in [0.2, 0.25) is 0 Å². The summed E-state index contributed by atoms with van der Waals surface area (Å²) in [6.07, 6.45) is 6.80. The van der Waals surface area contributed by atoms with Crippen LogP contribution in [0.25, 0.3) is 0 Å². The molecule has 3 rings (SSSR count). The summed E-state index contributed by atoms with van der Waals surface area (Å²) in [4.78, 5) is 23.6. The minimum atomic E-state index is -0.411. The van der Waals surface area contributed by atoms with Crippen LogP contribution in [0, 0.1) is 11.8 Å². The molecule has 0 spiro atoms. The molecular formula is C13H16O4. The Balaban J connectivity index is 2.49. The molecule has 0 aromatic rings. The van der Waals surface area contributed by atoms with E-state index in [0.29, 0.717) is 11.1 Å². The quantitative estimate of drug-likeness (QED) is 0.540. The molecule has 3 aliphatic carbocycles. The van der Waals surface area contributed by atoms with Crippen LogP contribution in [-0.4, -0.2) is 26.2 Å².